The van der Waals surface area contributed by atoms with Crippen molar-refractivity contribution in [3.63, 3.8) is 0 Å². The molecule has 3 nitrogen and oxygen atoms in total. The molecular weight excluding hydrogens is 188 g/mol. The maximum atomic E-state index is 11.9. The van der Waals surface area contributed by atoms with Crippen LogP contribution in [0, 0.1) is 11.8 Å². The lowest BCUT2D eigenvalue weighted by Gasteiger charge is -2.20. The van der Waals surface area contributed by atoms with E-state index in [9.17, 15) is 4.79 Å². The van der Waals surface area contributed by atoms with E-state index in [0.29, 0.717) is 18.0 Å². The fraction of sp³-hybridized carbons (Fsp3) is 0.917. The number of rotatable bonds is 4. The first kappa shape index (κ1) is 10.9. The maximum absolute atomic E-state index is 11.9. The molecule has 0 aromatic carbocycles. The number of hydrogen-bond donors (Lipinski definition) is 2. The SMILES string of the molecule is CCC(C)CNC(=O)C1CC2CCC1N2. The molecule has 3 heteroatoms. The molecule has 2 aliphatic heterocycles. The lowest BCUT2D eigenvalue weighted by molar-refractivity contribution is -0.125. The monoisotopic (exact) mass is 210 g/mol. The molecule has 0 spiro atoms. The largest absolute Gasteiger partial charge is 0.356 e. The van der Waals surface area contributed by atoms with Crippen LogP contribution in [0.4, 0.5) is 0 Å². The minimum atomic E-state index is 0.243. The van der Waals surface area contributed by atoms with E-state index in [-0.39, 0.29) is 11.8 Å². The maximum Gasteiger partial charge on any atom is 0.224 e. The summed E-state index contributed by atoms with van der Waals surface area (Å²) in [7, 11) is 0. The fourth-order valence-corrected chi connectivity index (χ4v) is 2.66. The van der Waals surface area contributed by atoms with Crippen LogP contribution in [0.3, 0.4) is 0 Å². The summed E-state index contributed by atoms with van der Waals surface area (Å²) in [5.74, 6) is 1.11. The topological polar surface area (TPSA) is 41.1 Å². The van der Waals surface area contributed by atoms with E-state index in [1.54, 1.807) is 0 Å². The van der Waals surface area contributed by atoms with Gasteiger partial charge in [0.25, 0.3) is 0 Å². The van der Waals surface area contributed by atoms with Crippen LogP contribution in [-0.4, -0.2) is 24.5 Å². The zero-order chi connectivity index (χ0) is 10.8. The normalized spacial score (nSPS) is 35.5. The van der Waals surface area contributed by atoms with Gasteiger partial charge in [-0.25, -0.2) is 0 Å². The Labute approximate surface area is 92.0 Å². The lowest BCUT2D eigenvalue weighted by Crippen LogP contribution is -2.39. The average Bonchev–Trinajstić information content (AvgIpc) is 2.86. The van der Waals surface area contributed by atoms with Crippen LogP contribution < -0.4 is 10.6 Å². The molecule has 2 aliphatic rings. The highest BCUT2D eigenvalue weighted by Crippen LogP contribution is 2.33. The fourth-order valence-electron chi connectivity index (χ4n) is 2.66. The standard InChI is InChI=1S/C12H22N2O/c1-3-8(2)7-13-12(15)10-6-9-4-5-11(10)14-9/h8-11,14H,3-7H2,1-2H3,(H,13,15). The van der Waals surface area contributed by atoms with Gasteiger partial charge in [-0.3, -0.25) is 4.79 Å². The molecule has 1 amide bonds. The van der Waals surface area contributed by atoms with Crippen LogP contribution in [0.1, 0.15) is 39.5 Å². The Bertz CT molecular complexity index is 242. The Hall–Kier alpha value is -0.570. The van der Waals surface area contributed by atoms with Crippen molar-refractivity contribution in [1.82, 2.24) is 10.6 Å². The average molecular weight is 210 g/mol. The van der Waals surface area contributed by atoms with Crippen molar-refractivity contribution in [2.45, 2.75) is 51.6 Å². The molecule has 2 rings (SSSR count). The van der Waals surface area contributed by atoms with E-state index in [4.69, 9.17) is 0 Å². The van der Waals surface area contributed by atoms with Crippen LogP contribution >= 0.6 is 0 Å². The molecule has 0 radical (unpaired) electrons. The van der Waals surface area contributed by atoms with Gasteiger partial charge in [-0.1, -0.05) is 20.3 Å². The molecule has 0 saturated carbocycles. The molecule has 2 bridgehead atoms. The van der Waals surface area contributed by atoms with Crippen molar-refractivity contribution in [2.24, 2.45) is 11.8 Å². The summed E-state index contributed by atoms with van der Waals surface area (Å²) in [4.78, 5) is 11.9. The number of amides is 1. The Kier molecular flexibility index (Phi) is 3.29. The lowest BCUT2D eigenvalue weighted by atomic mass is 9.88. The summed E-state index contributed by atoms with van der Waals surface area (Å²) in [6.07, 6.45) is 4.64. The van der Waals surface area contributed by atoms with Crippen molar-refractivity contribution < 1.29 is 4.79 Å². The summed E-state index contributed by atoms with van der Waals surface area (Å²) in [6, 6.07) is 1.08. The number of nitrogens with one attached hydrogen (secondary N) is 2. The second kappa shape index (κ2) is 4.52. The molecular formula is C12H22N2O. The number of carbonyl (C=O) groups excluding carboxylic acids is 1. The second-order valence-electron chi connectivity index (χ2n) is 5.15. The number of carbonyl (C=O) groups is 1. The molecule has 2 N–H and O–H groups in total. The van der Waals surface area contributed by atoms with E-state index in [1.165, 1.54) is 12.8 Å². The second-order valence-corrected chi connectivity index (χ2v) is 5.15. The van der Waals surface area contributed by atoms with E-state index >= 15 is 0 Å². The molecule has 2 fully saturated rings. The first-order valence-corrected chi connectivity index (χ1v) is 6.24. The van der Waals surface area contributed by atoms with Gasteiger partial charge in [0.1, 0.15) is 0 Å². The molecule has 86 valence electrons. The van der Waals surface area contributed by atoms with Crippen molar-refractivity contribution in [3.8, 4) is 0 Å². The predicted molar refractivity (Wildman–Crippen MR) is 60.5 cm³/mol. The van der Waals surface area contributed by atoms with Gasteiger partial charge in [-0.15, -0.1) is 0 Å². The number of hydrogen-bond acceptors (Lipinski definition) is 2. The van der Waals surface area contributed by atoms with Gasteiger partial charge >= 0.3 is 0 Å². The molecule has 2 saturated heterocycles. The molecule has 4 atom stereocenters. The van der Waals surface area contributed by atoms with Gasteiger partial charge < -0.3 is 10.6 Å². The first-order valence-electron chi connectivity index (χ1n) is 6.24. The predicted octanol–water partition coefficient (Wildman–Crippen LogP) is 1.29. The third-order valence-corrected chi connectivity index (χ3v) is 3.96. The van der Waals surface area contributed by atoms with E-state index in [0.717, 1.165) is 19.4 Å². The highest BCUT2D eigenvalue weighted by atomic mass is 16.1. The quantitative estimate of drug-likeness (QED) is 0.734. The first-order chi connectivity index (χ1) is 7.20. The van der Waals surface area contributed by atoms with Crippen molar-refractivity contribution in [1.29, 1.82) is 0 Å². The zero-order valence-corrected chi connectivity index (χ0v) is 9.75. The van der Waals surface area contributed by atoms with Crippen molar-refractivity contribution in [3.05, 3.63) is 0 Å². The molecule has 0 aromatic heterocycles. The van der Waals surface area contributed by atoms with Crippen LogP contribution in [0.5, 0.6) is 0 Å². The van der Waals surface area contributed by atoms with Gasteiger partial charge in [0.2, 0.25) is 5.91 Å². The smallest absolute Gasteiger partial charge is 0.224 e. The molecule has 0 aromatic rings. The van der Waals surface area contributed by atoms with Gasteiger partial charge in [-0.05, 0) is 25.2 Å². The van der Waals surface area contributed by atoms with Crippen molar-refractivity contribution in [2.75, 3.05) is 6.54 Å². The molecule has 15 heavy (non-hydrogen) atoms. The van der Waals surface area contributed by atoms with Gasteiger partial charge in [0.05, 0.1) is 5.92 Å². The zero-order valence-electron chi connectivity index (χ0n) is 9.75. The minimum Gasteiger partial charge on any atom is -0.356 e. The highest BCUT2D eigenvalue weighted by molar-refractivity contribution is 5.80. The molecule has 2 heterocycles. The van der Waals surface area contributed by atoms with E-state index in [2.05, 4.69) is 24.5 Å². The summed E-state index contributed by atoms with van der Waals surface area (Å²) in [5, 5.41) is 6.58. The van der Waals surface area contributed by atoms with Crippen LogP contribution in [0.2, 0.25) is 0 Å². The van der Waals surface area contributed by atoms with Crippen LogP contribution in [0.15, 0.2) is 0 Å². The Morgan fingerprint density at radius 1 is 1.53 bits per heavy atom. The summed E-state index contributed by atoms with van der Waals surface area (Å²) < 4.78 is 0. The Morgan fingerprint density at radius 2 is 2.33 bits per heavy atom. The van der Waals surface area contributed by atoms with Crippen LogP contribution in [-0.2, 0) is 4.79 Å². The Morgan fingerprint density at radius 3 is 2.87 bits per heavy atom. The van der Waals surface area contributed by atoms with Crippen molar-refractivity contribution >= 4 is 5.91 Å². The highest BCUT2D eigenvalue weighted by Gasteiger charge is 2.42. The Balaban J connectivity index is 1.77. The summed E-state index contributed by atoms with van der Waals surface area (Å²) in [6.45, 7) is 5.18. The van der Waals surface area contributed by atoms with Gasteiger partial charge in [-0.2, -0.15) is 0 Å². The number of fused-ring (bicyclic) bond motifs is 2. The van der Waals surface area contributed by atoms with Crippen LogP contribution in [0.25, 0.3) is 0 Å². The third kappa shape index (κ3) is 2.33. The van der Waals surface area contributed by atoms with E-state index < -0.39 is 0 Å². The molecule has 4 unspecified atom stereocenters. The van der Waals surface area contributed by atoms with E-state index in [1.807, 2.05) is 0 Å². The van der Waals surface area contributed by atoms with Gasteiger partial charge in [0, 0.05) is 18.6 Å². The summed E-state index contributed by atoms with van der Waals surface area (Å²) >= 11 is 0. The third-order valence-electron chi connectivity index (χ3n) is 3.96. The minimum absolute atomic E-state index is 0.243. The molecule has 0 aliphatic carbocycles. The summed E-state index contributed by atoms with van der Waals surface area (Å²) in [5.41, 5.74) is 0. The van der Waals surface area contributed by atoms with Gasteiger partial charge in [0.15, 0.2) is 0 Å².